The number of fused-ring (bicyclic) bond motifs is 2. The van der Waals surface area contributed by atoms with E-state index in [2.05, 4.69) is 10.3 Å². The summed E-state index contributed by atoms with van der Waals surface area (Å²) in [4.78, 5) is 18.7. The highest BCUT2D eigenvalue weighted by atomic mass is 32.2. The molecule has 1 amide bonds. The van der Waals surface area contributed by atoms with Crippen LogP contribution in [0.15, 0.2) is 29.3 Å². The number of nitrogens with zero attached hydrogens (tertiary/aromatic N) is 2. The van der Waals surface area contributed by atoms with E-state index in [1.165, 1.54) is 0 Å². The molecule has 0 saturated carbocycles. The number of amidine groups is 1. The zero-order valence-corrected chi connectivity index (χ0v) is 15.4. The van der Waals surface area contributed by atoms with Gasteiger partial charge in [0, 0.05) is 20.7 Å². The second-order valence-electron chi connectivity index (χ2n) is 6.83. The number of benzene rings is 1. The minimum absolute atomic E-state index is 0.402. The molecule has 0 bridgehead atoms. The monoisotopic (exact) mass is 349 g/mol. The Morgan fingerprint density at radius 2 is 2.12 bits per heavy atom. The Morgan fingerprint density at radius 3 is 2.71 bits per heavy atom. The predicted octanol–water partition coefficient (Wildman–Crippen LogP) is 2.93. The molecule has 2 atom stereocenters. The molecule has 24 heavy (non-hydrogen) atoms. The van der Waals surface area contributed by atoms with Crippen molar-refractivity contribution >= 4 is 28.7 Å². The quantitative estimate of drug-likeness (QED) is 0.844. The van der Waals surface area contributed by atoms with Crippen molar-refractivity contribution in [3.05, 3.63) is 29.8 Å². The summed E-state index contributed by atoms with van der Waals surface area (Å²) in [5.41, 5.74) is 1.31. The number of hydrogen-bond donors (Lipinski definition) is 1. The van der Waals surface area contributed by atoms with Crippen LogP contribution in [0.2, 0.25) is 0 Å². The molecule has 0 unspecified atom stereocenters. The summed E-state index contributed by atoms with van der Waals surface area (Å²) >= 11 is 1.60. The average molecular weight is 349 g/mol. The van der Waals surface area contributed by atoms with Crippen LogP contribution in [0.3, 0.4) is 0 Å². The van der Waals surface area contributed by atoms with Gasteiger partial charge in [0.2, 0.25) is 0 Å². The highest BCUT2D eigenvalue weighted by Gasteiger charge is 2.58. The van der Waals surface area contributed by atoms with Gasteiger partial charge in [-0.2, -0.15) is 0 Å². The zero-order chi connectivity index (χ0) is 17.5. The van der Waals surface area contributed by atoms with E-state index in [0.29, 0.717) is 6.54 Å². The molecule has 2 heterocycles. The van der Waals surface area contributed by atoms with Crippen LogP contribution in [0, 0.1) is 0 Å². The summed E-state index contributed by atoms with van der Waals surface area (Å²) in [7, 11) is 3.37. The van der Waals surface area contributed by atoms with Crippen molar-refractivity contribution in [1.82, 2.24) is 5.32 Å². The number of nitrogens with one attached hydrogen (secondary N) is 1. The molecule has 1 aromatic rings. The normalized spacial score (nSPS) is 27.5. The number of thioether (sulfide) groups is 1. The molecule has 2 aliphatic rings. The molecule has 1 aromatic carbocycles. The lowest BCUT2D eigenvalue weighted by atomic mass is 9.99. The average Bonchev–Trinajstić information content (AvgIpc) is 3.07. The fourth-order valence-electron chi connectivity index (χ4n) is 3.17. The van der Waals surface area contributed by atoms with Crippen LogP contribution in [0.5, 0.6) is 0 Å². The number of anilines is 1. The summed E-state index contributed by atoms with van der Waals surface area (Å²) in [6.07, 6.45) is -0.873. The Balaban J connectivity index is 2.07. The molecule has 0 radical (unpaired) electrons. The number of aliphatic imine (C=N–C) groups is 1. The van der Waals surface area contributed by atoms with Crippen LogP contribution >= 0.6 is 11.8 Å². The number of para-hydroxylation sites is 1. The zero-order valence-electron chi connectivity index (χ0n) is 14.6. The van der Waals surface area contributed by atoms with E-state index in [-0.39, 0.29) is 0 Å². The van der Waals surface area contributed by atoms with Gasteiger partial charge in [-0.15, -0.1) is 0 Å². The highest BCUT2D eigenvalue weighted by Crippen LogP contribution is 2.54. The van der Waals surface area contributed by atoms with E-state index in [1.807, 2.05) is 45.0 Å². The minimum atomic E-state index is -0.572. The SMILES string of the molecule is CN=C1NC[C@]2(S1)c1ccccc1N(C(=O)OC(C)(C)C)[C@H]2OC. The number of carbonyl (C=O) groups is 1. The molecule has 130 valence electrons. The van der Waals surface area contributed by atoms with Gasteiger partial charge in [-0.25, -0.2) is 9.69 Å². The van der Waals surface area contributed by atoms with Crippen LogP contribution < -0.4 is 10.2 Å². The first-order valence-electron chi connectivity index (χ1n) is 7.86. The van der Waals surface area contributed by atoms with Gasteiger partial charge in [0.25, 0.3) is 0 Å². The molecule has 7 heteroatoms. The van der Waals surface area contributed by atoms with E-state index in [4.69, 9.17) is 9.47 Å². The smallest absolute Gasteiger partial charge is 0.417 e. The van der Waals surface area contributed by atoms with Gasteiger partial charge in [0.05, 0.1) is 5.69 Å². The summed E-state index contributed by atoms with van der Waals surface area (Å²) in [5.74, 6) is 0. The van der Waals surface area contributed by atoms with Crippen molar-refractivity contribution in [3.8, 4) is 0 Å². The minimum Gasteiger partial charge on any atom is -0.443 e. The third kappa shape index (κ3) is 2.65. The van der Waals surface area contributed by atoms with Gasteiger partial charge in [0.1, 0.15) is 10.3 Å². The largest absolute Gasteiger partial charge is 0.443 e. The number of hydrogen-bond acceptors (Lipinski definition) is 5. The lowest BCUT2D eigenvalue weighted by Gasteiger charge is -2.33. The van der Waals surface area contributed by atoms with Crippen molar-refractivity contribution in [2.24, 2.45) is 4.99 Å². The Bertz CT molecular complexity index is 686. The van der Waals surface area contributed by atoms with Crippen molar-refractivity contribution in [1.29, 1.82) is 0 Å². The first kappa shape index (κ1) is 17.1. The molecular formula is C17H23N3O3S. The van der Waals surface area contributed by atoms with E-state index in [9.17, 15) is 4.79 Å². The summed E-state index contributed by atoms with van der Waals surface area (Å²) in [6.45, 7) is 6.22. The molecular weight excluding hydrogens is 326 g/mol. The van der Waals surface area contributed by atoms with Crippen LogP contribution in [-0.4, -0.2) is 43.8 Å². The maximum Gasteiger partial charge on any atom is 0.417 e. The molecule has 6 nitrogen and oxygen atoms in total. The van der Waals surface area contributed by atoms with Gasteiger partial charge in [-0.3, -0.25) is 4.99 Å². The number of rotatable bonds is 1. The molecule has 1 N–H and O–H groups in total. The Hall–Kier alpha value is -1.73. The Kier molecular flexibility index (Phi) is 4.25. The van der Waals surface area contributed by atoms with Gasteiger partial charge >= 0.3 is 6.09 Å². The predicted molar refractivity (Wildman–Crippen MR) is 96.6 cm³/mol. The lowest BCUT2D eigenvalue weighted by molar-refractivity contribution is 0.0334. The van der Waals surface area contributed by atoms with E-state index in [0.717, 1.165) is 16.4 Å². The van der Waals surface area contributed by atoms with Gasteiger partial charge in [-0.1, -0.05) is 30.0 Å². The second kappa shape index (κ2) is 5.97. The van der Waals surface area contributed by atoms with Gasteiger partial charge in [-0.05, 0) is 32.4 Å². The number of methoxy groups -OCH3 is 1. The van der Waals surface area contributed by atoms with Crippen molar-refractivity contribution in [3.63, 3.8) is 0 Å². The fraction of sp³-hybridized carbons (Fsp3) is 0.529. The number of amides is 1. The second-order valence-corrected chi connectivity index (χ2v) is 8.15. The van der Waals surface area contributed by atoms with Crippen LogP contribution in [0.4, 0.5) is 10.5 Å². The van der Waals surface area contributed by atoms with E-state index in [1.54, 1.807) is 30.8 Å². The van der Waals surface area contributed by atoms with Gasteiger partial charge < -0.3 is 14.8 Å². The Morgan fingerprint density at radius 1 is 1.42 bits per heavy atom. The molecule has 1 spiro atoms. The van der Waals surface area contributed by atoms with Crippen LogP contribution in [-0.2, 0) is 14.2 Å². The van der Waals surface area contributed by atoms with Crippen molar-refractivity contribution in [2.75, 3.05) is 25.6 Å². The summed E-state index contributed by atoms with van der Waals surface area (Å²) in [6, 6.07) is 7.87. The van der Waals surface area contributed by atoms with E-state index >= 15 is 0 Å². The first-order chi connectivity index (χ1) is 11.3. The maximum atomic E-state index is 12.8. The van der Waals surface area contributed by atoms with Crippen molar-refractivity contribution in [2.45, 2.75) is 37.3 Å². The molecule has 1 fully saturated rings. The first-order valence-corrected chi connectivity index (χ1v) is 8.68. The number of ether oxygens (including phenoxy) is 2. The highest BCUT2D eigenvalue weighted by molar-refractivity contribution is 8.15. The van der Waals surface area contributed by atoms with Gasteiger partial charge in [0.15, 0.2) is 11.4 Å². The molecule has 0 aromatic heterocycles. The standard InChI is InChI=1S/C17H23N3O3S/c1-16(2,3)23-15(21)20-12-9-7-6-8-11(12)17(13(20)22-5)10-19-14(18-4)24-17/h6-9,13H,10H2,1-5H3,(H,18,19)/t13-,17-/m0/s1. The molecule has 3 rings (SSSR count). The third-order valence-electron chi connectivity index (χ3n) is 4.05. The Labute approximate surface area is 146 Å². The maximum absolute atomic E-state index is 12.8. The third-order valence-corrected chi connectivity index (χ3v) is 5.50. The van der Waals surface area contributed by atoms with E-state index < -0.39 is 22.7 Å². The molecule has 1 saturated heterocycles. The molecule has 2 aliphatic heterocycles. The fourth-order valence-corrected chi connectivity index (χ4v) is 4.48. The lowest BCUT2D eigenvalue weighted by Crippen LogP contribution is -2.49. The van der Waals surface area contributed by atoms with Crippen LogP contribution in [0.25, 0.3) is 0 Å². The summed E-state index contributed by atoms with van der Waals surface area (Å²) in [5, 5.41) is 4.15. The summed E-state index contributed by atoms with van der Waals surface area (Å²) < 4.78 is 11.0. The topological polar surface area (TPSA) is 63.2 Å². The number of carbonyl (C=O) groups excluding carboxylic acids is 1. The molecule has 0 aliphatic carbocycles. The van der Waals surface area contributed by atoms with Crippen LogP contribution in [0.1, 0.15) is 26.3 Å². The van der Waals surface area contributed by atoms with Crippen molar-refractivity contribution < 1.29 is 14.3 Å².